The standard InChI is InChI=1S/C18H32N4O/c1-20(7-8-23-3)10-15-5-4-6-16-11-22(13-18(15)16)12-17-9-19-14-21(17)2/h9,14-16,18H,4-8,10-13H2,1-3H3/t15-,16+,18+/m0/s1. The number of ether oxygens (including phenoxy) is 1. The zero-order chi connectivity index (χ0) is 16.2. The molecule has 1 aliphatic carbocycles. The number of aromatic nitrogens is 2. The lowest BCUT2D eigenvalue weighted by molar-refractivity contribution is 0.117. The fourth-order valence-corrected chi connectivity index (χ4v) is 4.55. The maximum absolute atomic E-state index is 5.22. The SMILES string of the molecule is COCCN(C)C[C@@H]1CCC[C@@H]2CN(Cc3cncn3C)C[C@@H]21. The molecule has 1 saturated carbocycles. The Bertz CT molecular complexity index is 489. The van der Waals surface area contributed by atoms with Crippen molar-refractivity contribution in [3.05, 3.63) is 18.2 Å². The molecule has 1 aromatic rings. The summed E-state index contributed by atoms with van der Waals surface area (Å²) in [5.41, 5.74) is 1.33. The topological polar surface area (TPSA) is 33.5 Å². The molecule has 2 aliphatic rings. The number of likely N-dealkylation sites (N-methyl/N-ethyl adjacent to an activating group) is 1. The predicted octanol–water partition coefficient (Wildman–Crippen LogP) is 1.85. The van der Waals surface area contributed by atoms with Crippen LogP contribution < -0.4 is 0 Å². The molecular weight excluding hydrogens is 288 g/mol. The number of rotatable bonds is 7. The van der Waals surface area contributed by atoms with Crippen molar-refractivity contribution in [2.45, 2.75) is 25.8 Å². The fraction of sp³-hybridized carbons (Fsp3) is 0.833. The molecule has 0 radical (unpaired) electrons. The van der Waals surface area contributed by atoms with Crippen LogP contribution in [0.5, 0.6) is 0 Å². The Morgan fingerprint density at radius 2 is 2.22 bits per heavy atom. The molecule has 5 heteroatoms. The minimum Gasteiger partial charge on any atom is -0.383 e. The summed E-state index contributed by atoms with van der Waals surface area (Å²) in [4.78, 5) is 9.37. The second-order valence-electron chi connectivity index (χ2n) is 7.56. The summed E-state index contributed by atoms with van der Waals surface area (Å²) in [5.74, 6) is 2.63. The molecule has 1 aliphatic heterocycles. The van der Waals surface area contributed by atoms with Gasteiger partial charge in [0, 0.05) is 53.1 Å². The Morgan fingerprint density at radius 3 is 2.96 bits per heavy atom. The third kappa shape index (κ3) is 4.14. The predicted molar refractivity (Wildman–Crippen MR) is 92.2 cm³/mol. The van der Waals surface area contributed by atoms with Gasteiger partial charge in [-0.05, 0) is 37.6 Å². The number of aryl methyl sites for hydroxylation is 1. The molecule has 0 amide bonds. The van der Waals surface area contributed by atoms with Crippen LogP contribution in [0.4, 0.5) is 0 Å². The quantitative estimate of drug-likeness (QED) is 0.768. The Hall–Kier alpha value is -0.910. The second-order valence-corrected chi connectivity index (χ2v) is 7.56. The zero-order valence-corrected chi connectivity index (χ0v) is 14.9. The highest BCUT2D eigenvalue weighted by Gasteiger charge is 2.40. The summed E-state index contributed by atoms with van der Waals surface area (Å²) in [6, 6.07) is 0. The summed E-state index contributed by atoms with van der Waals surface area (Å²) >= 11 is 0. The summed E-state index contributed by atoms with van der Waals surface area (Å²) in [5, 5.41) is 0. The molecule has 23 heavy (non-hydrogen) atoms. The van der Waals surface area contributed by atoms with Gasteiger partial charge in [0.25, 0.3) is 0 Å². The molecule has 0 aromatic carbocycles. The summed E-state index contributed by atoms with van der Waals surface area (Å²) in [6.45, 7) is 6.69. The normalized spacial score (nSPS) is 28.4. The second kappa shape index (κ2) is 7.77. The third-order valence-corrected chi connectivity index (χ3v) is 5.85. The number of fused-ring (bicyclic) bond motifs is 1. The number of hydrogen-bond acceptors (Lipinski definition) is 4. The van der Waals surface area contributed by atoms with Crippen molar-refractivity contribution in [2.24, 2.45) is 24.8 Å². The average molecular weight is 320 g/mol. The first-order valence-corrected chi connectivity index (χ1v) is 9.02. The van der Waals surface area contributed by atoms with Crippen LogP contribution in [0.1, 0.15) is 25.0 Å². The van der Waals surface area contributed by atoms with Crippen LogP contribution in [0.15, 0.2) is 12.5 Å². The van der Waals surface area contributed by atoms with Crippen molar-refractivity contribution < 1.29 is 4.74 Å². The number of nitrogens with zero attached hydrogens (tertiary/aromatic N) is 4. The first kappa shape index (κ1) is 16.9. The van der Waals surface area contributed by atoms with Crippen LogP contribution in [0, 0.1) is 17.8 Å². The molecular formula is C18H32N4O. The van der Waals surface area contributed by atoms with Gasteiger partial charge in [-0.25, -0.2) is 4.98 Å². The molecule has 130 valence electrons. The van der Waals surface area contributed by atoms with E-state index in [9.17, 15) is 0 Å². The number of likely N-dealkylation sites (tertiary alicyclic amines) is 1. The van der Waals surface area contributed by atoms with Crippen molar-refractivity contribution in [1.82, 2.24) is 19.4 Å². The van der Waals surface area contributed by atoms with Crippen LogP contribution in [0.2, 0.25) is 0 Å². The molecule has 1 saturated heterocycles. The maximum Gasteiger partial charge on any atom is 0.0945 e. The van der Waals surface area contributed by atoms with Gasteiger partial charge in [-0.2, -0.15) is 0 Å². The van der Waals surface area contributed by atoms with Crippen molar-refractivity contribution in [3.63, 3.8) is 0 Å². The van der Waals surface area contributed by atoms with Crippen molar-refractivity contribution in [3.8, 4) is 0 Å². The smallest absolute Gasteiger partial charge is 0.0945 e. The Labute approximate surface area is 140 Å². The highest BCUT2D eigenvalue weighted by atomic mass is 16.5. The third-order valence-electron chi connectivity index (χ3n) is 5.85. The lowest BCUT2D eigenvalue weighted by Gasteiger charge is -2.35. The van der Waals surface area contributed by atoms with E-state index in [2.05, 4.69) is 33.4 Å². The molecule has 3 rings (SSSR count). The summed E-state index contributed by atoms with van der Waals surface area (Å²) < 4.78 is 7.37. The van der Waals surface area contributed by atoms with Gasteiger partial charge in [-0.1, -0.05) is 6.42 Å². The monoisotopic (exact) mass is 320 g/mol. The van der Waals surface area contributed by atoms with E-state index >= 15 is 0 Å². The molecule has 0 N–H and O–H groups in total. The van der Waals surface area contributed by atoms with Crippen LogP contribution in [0.25, 0.3) is 0 Å². The van der Waals surface area contributed by atoms with Crippen LogP contribution in [-0.2, 0) is 18.3 Å². The van der Waals surface area contributed by atoms with E-state index in [0.29, 0.717) is 0 Å². The van der Waals surface area contributed by atoms with Gasteiger partial charge >= 0.3 is 0 Å². The van der Waals surface area contributed by atoms with Gasteiger partial charge in [-0.3, -0.25) is 4.90 Å². The molecule has 0 unspecified atom stereocenters. The van der Waals surface area contributed by atoms with E-state index in [1.165, 1.54) is 44.6 Å². The van der Waals surface area contributed by atoms with Gasteiger partial charge < -0.3 is 14.2 Å². The van der Waals surface area contributed by atoms with Crippen molar-refractivity contribution in [2.75, 3.05) is 46.9 Å². The first-order chi connectivity index (χ1) is 11.2. The van der Waals surface area contributed by atoms with Gasteiger partial charge in [0.2, 0.25) is 0 Å². The number of imidazole rings is 1. The minimum absolute atomic E-state index is 0.837. The number of hydrogen-bond donors (Lipinski definition) is 0. The summed E-state index contributed by atoms with van der Waals surface area (Å²) in [6.07, 6.45) is 8.15. The molecule has 3 atom stereocenters. The highest BCUT2D eigenvalue weighted by molar-refractivity contribution is 5.00. The Morgan fingerprint density at radius 1 is 1.35 bits per heavy atom. The lowest BCUT2D eigenvalue weighted by Crippen LogP contribution is -2.37. The molecule has 2 fully saturated rings. The lowest BCUT2D eigenvalue weighted by atomic mass is 9.74. The maximum atomic E-state index is 5.22. The van der Waals surface area contributed by atoms with E-state index < -0.39 is 0 Å². The largest absolute Gasteiger partial charge is 0.383 e. The average Bonchev–Trinajstić information content (AvgIpc) is 3.12. The van der Waals surface area contributed by atoms with Crippen LogP contribution in [0.3, 0.4) is 0 Å². The number of methoxy groups -OCH3 is 1. The van der Waals surface area contributed by atoms with E-state index in [4.69, 9.17) is 4.74 Å². The van der Waals surface area contributed by atoms with E-state index in [1.54, 1.807) is 7.11 Å². The fourth-order valence-electron chi connectivity index (χ4n) is 4.55. The Balaban J connectivity index is 1.55. The van der Waals surface area contributed by atoms with Crippen molar-refractivity contribution >= 4 is 0 Å². The van der Waals surface area contributed by atoms with Crippen molar-refractivity contribution in [1.29, 1.82) is 0 Å². The van der Waals surface area contributed by atoms with Gasteiger partial charge in [0.05, 0.1) is 18.6 Å². The molecule has 2 heterocycles. The van der Waals surface area contributed by atoms with Crippen LogP contribution >= 0.6 is 0 Å². The minimum atomic E-state index is 0.837. The van der Waals surface area contributed by atoms with E-state index in [0.717, 1.165) is 37.5 Å². The first-order valence-electron chi connectivity index (χ1n) is 9.02. The molecule has 0 bridgehead atoms. The van der Waals surface area contributed by atoms with E-state index in [-0.39, 0.29) is 0 Å². The Kier molecular flexibility index (Phi) is 5.72. The highest BCUT2D eigenvalue weighted by Crippen LogP contribution is 2.40. The van der Waals surface area contributed by atoms with Gasteiger partial charge in [0.1, 0.15) is 0 Å². The zero-order valence-electron chi connectivity index (χ0n) is 14.9. The van der Waals surface area contributed by atoms with Crippen LogP contribution in [-0.4, -0.2) is 66.3 Å². The molecule has 1 aromatic heterocycles. The molecule has 5 nitrogen and oxygen atoms in total. The summed E-state index contributed by atoms with van der Waals surface area (Å²) in [7, 11) is 6.13. The van der Waals surface area contributed by atoms with Gasteiger partial charge in [0.15, 0.2) is 0 Å². The van der Waals surface area contributed by atoms with Gasteiger partial charge in [-0.15, -0.1) is 0 Å². The molecule has 0 spiro atoms. The van der Waals surface area contributed by atoms with E-state index in [1.807, 2.05) is 12.5 Å².